The number of nitrogens with zero attached hydrogens (tertiary/aromatic N) is 1. The van der Waals surface area contributed by atoms with E-state index in [9.17, 15) is 14.0 Å². The van der Waals surface area contributed by atoms with Crippen LogP contribution in [-0.4, -0.2) is 50.6 Å². The number of amides is 2. The number of benzene rings is 1. The van der Waals surface area contributed by atoms with Gasteiger partial charge in [-0.2, -0.15) is 0 Å². The zero-order valence-corrected chi connectivity index (χ0v) is 12.9. The third-order valence-corrected chi connectivity index (χ3v) is 3.21. The Kier molecular flexibility index (Phi) is 6.60. The van der Waals surface area contributed by atoms with Gasteiger partial charge in [-0.1, -0.05) is 0 Å². The van der Waals surface area contributed by atoms with E-state index in [-0.39, 0.29) is 18.0 Å². The van der Waals surface area contributed by atoms with Crippen LogP contribution in [0.25, 0.3) is 0 Å². The second-order valence-corrected chi connectivity index (χ2v) is 4.98. The molecule has 0 fully saturated rings. The van der Waals surface area contributed by atoms with Gasteiger partial charge in [-0.05, 0) is 34.1 Å². The molecule has 1 N–H and O–H groups in total. The van der Waals surface area contributed by atoms with Gasteiger partial charge in [0, 0.05) is 25.2 Å². The number of methoxy groups -OCH3 is 1. The molecule has 0 bridgehead atoms. The lowest BCUT2D eigenvalue weighted by Crippen LogP contribution is -2.39. The van der Waals surface area contributed by atoms with Crippen LogP contribution in [0.3, 0.4) is 0 Å². The van der Waals surface area contributed by atoms with Gasteiger partial charge in [-0.3, -0.25) is 9.59 Å². The molecular formula is C13H16BrFN2O3. The van der Waals surface area contributed by atoms with Gasteiger partial charge in [0.05, 0.1) is 18.7 Å². The molecule has 0 aromatic heterocycles. The summed E-state index contributed by atoms with van der Waals surface area (Å²) in [5, 5.41) is 2.60. The van der Waals surface area contributed by atoms with Gasteiger partial charge in [0.1, 0.15) is 5.82 Å². The van der Waals surface area contributed by atoms with Crippen molar-refractivity contribution in [2.75, 3.05) is 33.9 Å². The summed E-state index contributed by atoms with van der Waals surface area (Å²) in [6.45, 7) is 0.672. The third-order valence-electron chi connectivity index (χ3n) is 2.51. The van der Waals surface area contributed by atoms with Gasteiger partial charge in [0.2, 0.25) is 5.91 Å². The number of hydrogen-bond acceptors (Lipinski definition) is 3. The number of halogens is 2. The predicted molar refractivity (Wildman–Crippen MR) is 75.9 cm³/mol. The number of carbonyl (C=O) groups excluding carboxylic acids is 2. The van der Waals surface area contributed by atoms with E-state index >= 15 is 0 Å². The van der Waals surface area contributed by atoms with Crippen LogP contribution in [0, 0.1) is 5.82 Å². The Labute approximate surface area is 125 Å². The molecule has 2 amide bonds. The molecule has 0 heterocycles. The topological polar surface area (TPSA) is 58.6 Å². The molecule has 1 aromatic carbocycles. The van der Waals surface area contributed by atoms with E-state index in [4.69, 9.17) is 4.74 Å². The fourth-order valence-electron chi connectivity index (χ4n) is 1.50. The average Bonchev–Trinajstić information content (AvgIpc) is 2.41. The highest BCUT2D eigenvalue weighted by molar-refractivity contribution is 9.10. The molecule has 7 heteroatoms. The van der Waals surface area contributed by atoms with Gasteiger partial charge in [0.15, 0.2) is 0 Å². The molecular weight excluding hydrogens is 331 g/mol. The summed E-state index contributed by atoms with van der Waals surface area (Å²) in [4.78, 5) is 24.9. The van der Waals surface area contributed by atoms with Gasteiger partial charge < -0.3 is 15.0 Å². The zero-order chi connectivity index (χ0) is 15.1. The molecule has 1 rings (SSSR count). The molecule has 0 aliphatic rings. The molecule has 0 aliphatic heterocycles. The molecule has 0 radical (unpaired) electrons. The quantitative estimate of drug-likeness (QED) is 0.792. The van der Waals surface area contributed by atoms with Crippen molar-refractivity contribution in [3.63, 3.8) is 0 Å². The molecule has 20 heavy (non-hydrogen) atoms. The van der Waals surface area contributed by atoms with E-state index in [1.54, 1.807) is 0 Å². The second kappa shape index (κ2) is 7.96. The summed E-state index contributed by atoms with van der Waals surface area (Å²) in [5.74, 6) is -1.24. The second-order valence-electron chi connectivity index (χ2n) is 4.13. The Balaban J connectivity index is 2.62. The van der Waals surface area contributed by atoms with Crippen molar-refractivity contribution in [1.29, 1.82) is 0 Å². The minimum atomic E-state index is -0.505. The van der Waals surface area contributed by atoms with E-state index in [2.05, 4.69) is 21.2 Å². The van der Waals surface area contributed by atoms with Crippen molar-refractivity contribution in [1.82, 2.24) is 10.2 Å². The first kappa shape index (κ1) is 16.6. The Morgan fingerprint density at radius 2 is 2.15 bits per heavy atom. The van der Waals surface area contributed by atoms with Crippen molar-refractivity contribution in [2.24, 2.45) is 0 Å². The summed E-state index contributed by atoms with van der Waals surface area (Å²) in [5.41, 5.74) is 0.178. The number of nitrogens with one attached hydrogen (secondary N) is 1. The van der Waals surface area contributed by atoms with E-state index in [0.717, 1.165) is 6.07 Å². The van der Waals surface area contributed by atoms with Crippen molar-refractivity contribution >= 4 is 27.7 Å². The summed E-state index contributed by atoms with van der Waals surface area (Å²) >= 11 is 3.19. The molecule has 0 saturated heterocycles. The largest absolute Gasteiger partial charge is 0.383 e. The summed E-state index contributed by atoms with van der Waals surface area (Å²) in [6, 6.07) is 3.83. The molecule has 0 unspecified atom stereocenters. The highest BCUT2D eigenvalue weighted by atomic mass is 79.9. The van der Waals surface area contributed by atoms with Gasteiger partial charge in [-0.15, -0.1) is 0 Å². The summed E-state index contributed by atoms with van der Waals surface area (Å²) in [6.07, 6.45) is 0. The molecule has 0 saturated carbocycles. The molecule has 1 aromatic rings. The van der Waals surface area contributed by atoms with Crippen molar-refractivity contribution in [3.05, 3.63) is 34.1 Å². The summed E-state index contributed by atoms with van der Waals surface area (Å²) in [7, 11) is 3.01. The Morgan fingerprint density at radius 1 is 1.45 bits per heavy atom. The van der Waals surface area contributed by atoms with Crippen LogP contribution >= 0.6 is 15.9 Å². The zero-order valence-electron chi connectivity index (χ0n) is 11.3. The smallest absolute Gasteiger partial charge is 0.255 e. The van der Waals surface area contributed by atoms with Crippen LogP contribution in [-0.2, 0) is 9.53 Å². The standard InChI is InChI=1S/C13H16BrFN2O3/c1-17(8-12(18)16-5-6-20-2)13(19)10-7-9(15)3-4-11(10)14/h3-4,7H,5-6,8H2,1-2H3,(H,16,18). The van der Waals surface area contributed by atoms with Crippen LogP contribution in [0.15, 0.2) is 22.7 Å². The van der Waals surface area contributed by atoms with E-state index in [1.165, 1.54) is 31.2 Å². The number of rotatable bonds is 6. The minimum absolute atomic E-state index is 0.106. The Hall–Kier alpha value is -1.47. The average molecular weight is 347 g/mol. The predicted octanol–water partition coefficient (Wildman–Crippen LogP) is 1.42. The molecule has 0 spiro atoms. The fourth-order valence-corrected chi connectivity index (χ4v) is 1.92. The van der Waals surface area contributed by atoms with E-state index in [0.29, 0.717) is 17.6 Å². The highest BCUT2D eigenvalue weighted by Gasteiger charge is 2.17. The van der Waals surface area contributed by atoms with Crippen LogP contribution in [0.2, 0.25) is 0 Å². The van der Waals surface area contributed by atoms with Crippen LogP contribution in [0.4, 0.5) is 4.39 Å². The molecule has 0 atom stereocenters. The molecule has 5 nitrogen and oxygen atoms in total. The third kappa shape index (κ3) is 4.90. The van der Waals surface area contributed by atoms with Crippen LogP contribution in [0.1, 0.15) is 10.4 Å². The van der Waals surface area contributed by atoms with Crippen LogP contribution in [0.5, 0.6) is 0 Å². The van der Waals surface area contributed by atoms with Gasteiger partial charge in [-0.25, -0.2) is 4.39 Å². The first-order valence-electron chi connectivity index (χ1n) is 5.92. The maximum atomic E-state index is 13.2. The van der Waals surface area contributed by atoms with Gasteiger partial charge >= 0.3 is 0 Å². The SMILES string of the molecule is COCCNC(=O)CN(C)C(=O)c1cc(F)ccc1Br. The minimum Gasteiger partial charge on any atom is -0.383 e. The maximum Gasteiger partial charge on any atom is 0.255 e. The van der Waals surface area contributed by atoms with Crippen LogP contribution < -0.4 is 5.32 Å². The Morgan fingerprint density at radius 3 is 2.80 bits per heavy atom. The van der Waals surface area contributed by atoms with E-state index < -0.39 is 11.7 Å². The Bertz CT molecular complexity index is 497. The fraction of sp³-hybridized carbons (Fsp3) is 0.385. The first-order chi connectivity index (χ1) is 9.45. The molecule has 110 valence electrons. The monoisotopic (exact) mass is 346 g/mol. The highest BCUT2D eigenvalue weighted by Crippen LogP contribution is 2.19. The first-order valence-corrected chi connectivity index (χ1v) is 6.71. The molecule has 0 aliphatic carbocycles. The van der Waals surface area contributed by atoms with Crippen molar-refractivity contribution < 1.29 is 18.7 Å². The normalized spacial score (nSPS) is 10.2. The lowest BCUT2D eigenvalue weighted by molar-refractivity contribution is -0.121. The van der Waals surface area contributed by atoms with Gasteiger partial charge in [0.25, 0.3) is 5.91 Å². The number of hydrogen-bond donors (Lipinski definition) is 1. The number of likely N-dealkylation sites (N-methyl/N-ethyl adjacent to an activating group) is 1. The van der Waals surface area contributed by atoms with Crippen molar-refractivity contribution in [2.45, 2.75) is 0 Å². The maximum absolute atomic E-state index is 13.2. The lowest BCUT2D eigenvalue weighted by atomic mass is 10.2. The number of ether oxygens (including phenoxy) is 1. The van der Waals surface area contributed by atoms with E-state index in [1.807, 2.05) is 0 Å². The summed E-state index contributed by atoms with van der Waals surface area (Å²) < 4.78 is 18.4. The van der Waals surface area contributed by atoms with Crippen molar-refractivity contribution in [3.8, 4) is 0 Å². The lowest BCUT2D eigenvalue weighted by Gasteiger charge is -2.17. The number of carbonyl (C=O) groups is 2.